The third-order valence-electron chi connectivity index (χ3n) is 8.58. The number of hydrogen-bond donors (Lipinski definition) is 0. The van der Waals surface area contributed by atoms with E-state index in [0.29, 0.717) is 48.5 Å². The number of allylic oxidation sites excluding steroid dienone is 4. The van der Waals surface area contributed by atoms with Gasteiger partial charge in [-0.1, -0.05) is 52.8 Å². The largest absolute Gasteiger partial charge is 0.448 e. The lowest BCUT2D eigenvalue weighted by atomic mass is 9.61. The molecule has 0 aromatic rings. The zero-order valence-corrected chi connectivity index (χ0v) is 20.6. The third-order valence-corrected chi connectivity index (χ3v) is 8.58. The maximum atomic E-state index is 12.8. The van der Waals surface area contributed by atoms with Gasteiger partial charge in [-0.25, -0.2) is 4.79 Å². The molecule has 0 saturated heterocycles. The number of carbonyl (C=O) groups excluding carboxylic acids is 3. The lowest BCUT2D eigenvalue weighted by Gasteiger charge is -2.43. The Morgan fingerprint density at radius 3 is 2.47 bits per heavy atom. The molecular formula is C28H40O4. The van der Waals surface area contributed by atoms with Crippen LogP contribution in [0.15, 0.2) is 36.0 Å². The quantitative estimate of drug-likeness (QED) is 0.288. The molecule has 3 aliphatic rings. The summed E-state index contributed by atoms with van der Waals surface area (Å²) in [5.74, 6) is 1.46. The molecular weight excluding hydrogens is 400 g/mol. The first-order chi connectivity index (χ1) is 15.0. The molecule has 176 valence electrons. The van der Waals surface area contributed by atoms with E-state index in [4.69, 9.17) is 4.74 Å². The van der Waals surface area contributed by atoms with Crippen molar-refractivity contribution < 1.29 is 19.1 Å². The number of ketones is 2. The number of carbonyl (C=O) groups is 3. The van der Waals surface area contributed by atoms with Gasteiger partial charge in [0, 0.05) is 18.1 Å². The monoisotopic (exact) mass is 440 g/mol. The number of hydrogen-bond acceptors (Lipinski definition) is 4. The van der Waals surface area contributed by atoms with E-state index in [0.717, 1.165) is 19.3 Å². The van der Waals surface area contributed by atoms with E-state index in [1.807, 2.05) is 6.08 Å². The van der Waals surface area contributed by atoms with Gasteiger partial charge in [-0.05, 0) is 80.1 Å². The minimum Gasteiger partial charge on any atom is -0.448 e. The lowest BCUT2D eigenvalue weighted by molar-refractivity contribution is -0.160. The summed E-state index contributed by atoms with van der Waals surface area (Å²) in [5.41, 5.74) is -0.521. The van der Waals surface area contributed by atoms with Crippen LogP contribution in [0.4, 0.5) is 0 Å². The Hall–Kier alpha value is -1.97. The summed E-state index contributed by atoms with van der Waals surface area (Å²) >= 11 is 0. The van der Waals surface area contributed by atoms with Gasteiger partial charge in [0.05, 0.1) is 0 Å². The van der Waals surface area contributed by atoms with Crippen LogP contribution in [-0.2, 0) is 19.1 Å². The van der Waals surface area contributed by atoms with Crippen molar-refractivity contribution in [1.82, 2.24) is 0 Å². The second-order valence-electron chi connectivity index (χ2n) is 11.1. The van der Waals surface area contributed by atoms with E-state index in [9.17, 15) is 14.4 Å². The Kier molecular flexibility index (Phi) is 7.31. The van der Waals surface area contributed by atoms with E-state index in [1.165, 1.54) is 12.2 Å². The van der Waals surface area contributed by atoms with Crippen molar-refractivity contribution in [2.45, 2.75) is 85.7 Å². The van der Waals surface area contributed by atoms with Crippen LogP contribution in [0.1, 0.15) is 80.1 Å². The molecule has 2 fully saturated rings. The predicted molar refractivity (Wildman–Crippen MR) is 127 cm³/mol. The van der Waals surface area contributed by atoms with E-state index < -0.39 is 11.6 Å². The second-order valence-corrected chi connectivity index (χ2v) is 11.1. The second kappa shape index (κ2) is 9.49. The number of fused-ring (bicyclic) bond motifs is 1. The molecule has 0 aromatic carbocycles. The molecule has 0 bridgehead atoms. The molecule has 0 radical (unpaired) electrons. The van der Waals surface area contributed by atoms with Crippen molar-refractivity contribution in [2.75, 3.05) is 0 Å². The summed E-state index contributed by atoms with van der Waals surface area (Å²) in [5, 5.41) is 0. The average Bonchev–Trinajstić information content (AvgIpc) is 3.08. The summed E-state index contributed by atoms with van der Waals surface area (Å²) in [7, 11) is 0. The highest BCUT2D eigenvalue weighted by atomic mass is 16.6. The van der Waals surface area contributed by atoms with Crippen molar-refractivity contribution in [3.05, 3.63) is 36.0 Å². The van der Waals surface area contributed by atoms with Crippen LogP contribution in [0, 0.1) is 35.0 Å². The normalized spacial score (nSPS) is 36.0. The molecule has 0 amide bonds. The van der Waals surface area contributed by atoms with E-state index in [2.05, 4.69) is 46.8 Å². The molecule has 3 aliphatic carbocycles. The summed E-state index contributed by atoms with van der Waals surface area (Å²) in [6, 6.07) is 0. The molecule has 0 N–H and O–H groups in total. The maximum Gasteiger partial charge on any atom is 0.332 e. The van der Waals surface area contributed by atoms with Crippen LogP contribution in [0.2, 0.25) is 0 Å². The van der Waals surface area contributed by atoms with Gasteiger partial charge in [-0.3, -0.25) is 9.59 Å². The van der Waals surface area contributed by atoms with Crippen LogP contribution in [0.25, 0.3) is 0 Å². The molecule has 32 heavy (non-hydrogen) atoms. The number of esters is 1. The first-order valence-electron chi connectivity index (χ1n) is 12.3. The predicted octanol–water partition coefficient (Wildman–Crippen LogP) is 6.01. The minimum atomic E-state index is -1.13. The van der Waals surface area contributed by atoms with E-state index in [-0.39, 0.29) is 22.9 Å². The highest BCUT2D eigenvalue weighted by Crippen LogP contribution is 2.58. The Bertz CT molecular complexity index is 847. The molecule has 4 nitrogen and oxygen atoms in total. The topological polar surface area (TPSA) is 60.4 Å². The number of rotatable bonds is 6. The van der Waals surface area contributed by atoms with E-state index >= 15 is 0 Å². The summed E-state index contributed by atoms with van der Waals surface area (Å²) < 4.78 is 5.61. The fraction of sp³-hybridized carbons (Fsp3) is 0.679. The fourth-order valence-electron chi connectivity index (χ4n) is 5.94. The van der Waals surface area contributed by atoms with Crippen LogP contribution < -0.4 is 0 Å². The van der Waals surface area contributed by atoms with Gasteiger partial charge in [0.1, 0.15) is 0 Å². The third kappa shape index (κ3) is 4.84. The van der Waals surface area contributed by atoms with Crippen LogP contribution in [-0.4, -0.2) is 23.1 Å². The average molecular weight is 441 g/mol. The van der Waals surface area contributed by atoms with Gasteiger partial charge < -0.3 is 4.74 Å². The van der Waals surface area contributed by atoms with Crippen molar-refractivity contribution >= 4 is 17.5 Å². The standard InChI is InChI=1S/C28H40O4/c1-18(2)19(3)10-11-20(4)22-12-13-23-21(24(29)14-16-27(22,23)5)17-26(31)32-28(6)15-8-7-9-25(28)30/h7,9-11,17-20,22-23H,8,12-16H2,1-6H3/b11-10+,21-17?/t19?,20?,22-,23+,27-,28?/m1/s1. The number of Topliss-reactive ketones (excluding diaryl/α,β-unsaturated/α-hetero) is 1. The van der Waals surface area contributed by atoms with Crippen LogP contribution >= 0.6 is 0 Å². The number of ether oxygens (including phenoxy) is 1. The molecule has 0 spiro atoms. The molecule has 0 heterocycles. The van der Waals surface area contributed by atoms with Crippen LogP contribution in [0.5, 0.6) is 0 Å². The Labute approximate surface area is 193 Å². The lowest BCUT2D eigenvalue weighted by Crippen LogP contribution is -2.41. The van der Waals surface area contributed by atoms with Gasteiger partial charge in [0.15, 0.2) is 17.2 Å². The highest BCUT2D eigenvalue weighted by Gasteiger charge is 2.52. The fourth-order valence-corrected chi connectivity index (χ4v) is 5.94. The van der Waals surface area contributed by atoms with Gasteiger partial charge >= 0.3 is 5.97 Å². The Morgan fingerprint density at radius 2 is 1.81 bits per heavy atom. The Balaban J connectivity index is 1.78. The van der Waals surface area contributed by atoms with Crippen LogP contribution in [0.3, 0.4) is 0 Å². The molecule has 0 aliphatic heterocycles. The SMILES string of the molecule is CC(C)C(C)/C=C/C(C)[C@H]1CC[C@H]2C(=CC(=O)OC3(C)CCC=CC3=O)C(=O)CC[C@]12C. The summed E-state index contributed by atoms with van der Waals surface area (Å²) in [4.78, 5) is 37.9. The van der Waals surface area contributed by atoms with Crippen molar-refractivity contribution in [3.8, 4) is 0 Å². The van der Waals surface area contributed by atoms with Gasteiger partial charge in [-0.15, -0.1) is 0 Å². The smallest absolute Gasteiger partial charge is 0.332 e. The highest BCUT2D eigenvalue weighted by molar-refractivity contribution is 6.03. The molecule has 4 heteroatoms. The molecule has 6 atom stereocenters. The Morgan fingerprint density at radius 1 is 1.09 bits per heavy atom. The first-order valence-corrected chi connectivity index (χ1v) is 12.3. The first kappa shape index (κ1) is 24.7. The minimum absolute atomic E-state index is 0.00184. The maximum absolute atomic E-state index is 12.8. The van der Waals surface area contributed by atoms with Crippen molar-refractivity contribution in [1.29, 1.82) is 0 Å². The van der Waals surface area contributed by atoms with Crippen molar-refractivity contribution in [3.63, 3.8) is 0 Å². The van der Waals surface area contributed by atoms with Gasteiger partial charge in [0.25, 0.3) is 0 Å². The zero-order valence-electron chi connectivity index (χ0n) is 20.6. The molecule has 3 unspecified atom stereocenters. The van der Waals surface area contributed by atoms with Gasteiger partial charge in [0.2, 0.25) is 0 Å². The summed E-state index contributed by atoms with van der Waals surface area (Å²) in [6.07, 6.45) is 13.9. The molecule has 2 saturated carbocycles. The van der Waals surface area contributed by atoms with Crippen molar-refractivity contribution in [2.24, 2.45) is 35.0 Å². The van der Waals surface area contributed by atoms with Gasteiger partial charge in [-0.2, -0.15) is 0 Å². The summed E-state index contributed by atoms with van der Waals surface area (Å²) in [6.45, 7) is 13.0. The van der Waals surface area contributed by atoms with E-state index in [1.54, 1.807) is 6.92 Å². The molecule has 3 rings (SSSR count). The molecule has 0 aromatic heterocycles. The zero-order chi connectivity index (χ0) is 23.7.